The average molecular weight is 250 g/mol. The molecule has 18 heavy (non-hydrogen) atoms. The van der Waals surface area contributed by atoms with Gasteiger partial charge in [0, 0.05) is 6.42 Å². The van der Waals surface area contributed by atoms with Crippen LogP contribution in [0.15, 0.2) is 12.2 Å². The third kappa shape index (κ3) is 3.86. The van der Waals surface area contributed by atoms with Crippen LogP contribution in [-0.2, 0) is 9.53 Å². The van der Waals surface area contributed by atoms with Crippen LogP contribution in [-0.4, -0.2) is 13.1 Å². The molecule has 0 radical (unpaired) electrons. The molecule has 0 N–H and O–H groups in total. The Morgan fingerprint density at radius 3 is 2.56 bits per heavy atom. The molecule has 0 heterocycles. The van der Waals surface area contributed by atoms with Gasteiger partial charge in [0.1, 0.15) is 0 Å². The number of allylic oxidation sites excluding steroid dienone is 2. The van der Waals surface area contributed by atoms with Gasteiger partial charge in [0.2, 0.25) is 0 Å². The maximum atomic E-state index is 10.9. The number of hydrogen-bond acceptors (Lipinski definition) is 2. The monoisotopic (exact) mass is 250 g/mol. The molecular formula is C16H26O2. The van der Waals surface area contributed by atoms with Gasteiger partial charge in [-0.2, -0.15) is 0 Å². The summed E-state index contributed by atoms with van der Waals surface area (Å²) < 4.78 is 4.63. The van der Waals surface area contributed by atoms with Gasteiger partial charge in [0.25, 0.3) is 0 Å². The molecule has 0 amide bonds. The van der Waals surface area contributed by atoms with Crippen LogP contribution in [0.4, 0.5) is 0 Å². The van der Waals surface area contributed by atoms with Crippen LogP contribution in [0, 0.1) is 17.8 Å². The molecule has 1 saturated carbocycles. The third-order valence-electron chi connectivity index (χ3n) is 4.60. The van der Waals surface area contributed by atoms with E-state index in [1.165, 1.54) is 52.1 Å². The van der Waals surface area contributed by atoms with E-state index >= 15 is 0 Å². The van der Waals surface area contributed by atoms with Gasteiger partial charge in [-0.1, -0.05) is 37.8 Å². The van der Waals surface area contributed by atoms with E-state index in [0.29, 0.717) is 6.42 Å². The summed E-state index contributed by atoms with van der Waals surface area (Å²) in [6.07, 6.45) is 15.9. The Labute approximate surface area is 111 Å². The molecule has 2 heteroatoms. The van der Waals surface area contributed by atoms with Crippen LogP contribution in [0.3, 0.4) is 0 Å². The van der Waals surface area contributed by atoms with Gasteiger partial charge in [-0.3, -0.25) is 4.79 Å². The minimum absolute atomic E-state index is 0.0660. The number of rotatable bonds is 8. The fraction of sp³-hybridized carbons (Fsp3) is 0.812. The van der Waals surface area contributed by atoms with Crippen molar-refractivity contribution >= 4 is 5.97 Å². The third-order valence-corrected chi connectivity index (χ3v) is 4.60. The van der Waals surface area contributed by atoms with Gasteiger partial charge in [0.15, 0.2) is 0 Å². The van der Waals surface area contributed by atoms with Gasteiger partial charge in [-0.25, -0.2) is 0 Å². The lowest BCUT2D eigenvalue weighted by Gasteiger charge is -2.17. The SMILES string of the molecule is COC(=O)CCCCCCCC1CC2C=CC1C2. The Morgan fingerprint density at radius 2 is 1.89 bits per heavy atom. The molecule has 102 valence electrons. The normalized spacial score (nSPS) is 28.8. The van der Waals surface area contributed by atoms with Crippen LogP contribution in [0.1, 0.15) is 57.8 Å². The lowest BCUT2D eigenvalue weighted by atomic mass is 9.88. The summed E-state index contributed by atoms with van der Waals surface area (Å²) in [5, 5.41) is 0. The molecule has 2 bridgehead atoms. The second kappa shape index (κ2) is 6.96. The van der Waals surface area contributed by atoms with Gasteiger partial charge >= 0.3 is 5.97 Å². The Kier molecular flexibility index (Phi) is 5.27. The smallest absolute Gasteiger partial charge is 0.305 e. The second-order valence-corrected chi connectivity index (χ2v) is 5.92. The van der Waals surface area contributed by atoms with Crippen molar-refractivity contribution in [1.82, 2.24) is 0 Å². The van der Waals surface area contributed by atoms with E-state index in [2.05, 4.69) is 16.9 Å². The van der Waals surface area contributed by atoms with Gasteiger partial charge in [-0.05, 0) is 43.4 Å². The molecule has 2 aliphatic rings. The molecule has 0 aromatic rings. The summed E-state index contributed by atoms with van der Waals surface area (Å²) in [5.41, 5.74) is 0. The summed E-state index contributed by atoms with van der Waals surface area (Å²) >= 11 is 0. The number of carbonyl (C=O) groups is 1. The summed E-state index contributed by atoms with van der Waals surface area (Å²) in [6, 6.07) is 0. The zero-order valence-electron chi connectivity index (χ0n) is 11.6. The van der Waals surface area contributed by atoms with E-state index in [1.54, 1.807) is 0 Å². The van der Waals surface area contributed by atoms with E-state index in [-0.39, 0.29) is 5.97 Å². The number of unbranched alkanes of at least 4 members (excludes halogenated alkanes) is 4. The Bertz CT molecular complexity index is 295. The molecule has 0 aliphatic heterocycles. The molecule has 1 fully saturated rings. The molecule has 3 unspecified atom stereocenters. The van der Waals surface area contributed by atoms with Crippen molar-refractivity contribution < 1.29 is 9.53 Å². The van der Waals surface area contributed by atoms with Crippen molar-refractivity contribution in [3.05, 3.63) is 12.2 Å². The van der Waals surface area contributed by atoms with Crippen LogP contribution in [0.2, 0.25) is 0 Å². The first-order valence-electron chi connectivity index (χ1n) is 7.54. The molecule has 0 spiro atoms. The Hall–Kier alpha value is -0.790. The van der Waals surface area contributed by atoms with Gasteiger partial charge in [0.05, 0.1) is 7.11 Å². The molecule has 2 aliphatic carbocycles. The number of fused-ring (bicyclic) bond motifs is 2. The van der Waals surface area contributed by atoms with Crippen LogP contribution >= 0.6 is 0 Å². The lowest BCUT2D eigenvalue weighted by molar-refractivity contribution is -0.140. The van der Waals surface area contributed by atoms with Crippen LogP contribution in [0.25, 0.3) is 0 Å². The minimum Gasteiger partial charge on any atom is -0.469 e. The number of carbonyl (C=O) groups excluding carboxylic acids is 1. The fourth-order valence-electron chi connectivity index (χ4n) is 3.53. The summed E-state index contributed by atoms with van der Waals surface area (Å²) in [7, 11) is 1.46. The first kappa shape index (κ1) is 13.6. The molecule has 3 atom stereocenters. The maximum absolute atomic E-state index is 10.9. The average Bonchev–Trinajstić information content (AvgIpc) is 2.99. The molecular weight excluding hydrogens is 224 g/mol. The molecule has 0 saturated heterocycles. The second-order valence-electron chi connectivity index (χ2n) is 5.92. The Balaban J connectivity index is 1.43. The van der Waals surface area contributed by atoms with Crippen LogP contribution < -0.4 is 0 Å². The van der Waals surface area contributed by atoms with Crippen LogP contribution in [0.5, 0.6) is 0 Å². The number of methoxy groups -OCH3 is 1. The number of ether oxygens (including phenoxy) is 1. The zero-order valence-corrected chi connectivity index (χ0v) is 11.6. The van der Waals surface area contributed by atoms with Gasteiger partial charge in [-0.15, -0.1) is 0 Å². The highest BCUT2D eigenvalue weighted by molar-refractivity contribution is 5.68. The molecule has 2 rings (SSSR count). The van der Waals surface area contributed by atoms with Crippen molar-refractivity contribution in [2.75, 3.05) is 7.11 Å². The topological polar surface area (TPSA) is 26.3 Å². The standard InChI is InChI=1S/C16H26O2/c1-18-16(17)8-6-4-2-3-5-7-14-11-13-9-10-15(14)12-13/h9-10,13-15H,2-8,11-12H2,1H3. The van der Waals surface area contributed by atoms with Gasteiger partial charge < -0.3 is 4.74 Å². The van der Waals surface area contributed by atoms with E-state index in [9.17, 15) is 4.79 Å². The largest absolute Gasteiger partial charge is 0.469 e. The lowest BCUT2D eigenvalue weighted by Crippen LogP contribution is -2.06. The number of hydrogen-bond donors (Lipinski definition) is 0. The van der Waals surface area contributed by atoms with E-state index < -0.39 is 0 Å². The predicted molar refractivity (Wildman–Crippen MR) is 73.2 cm³/mol. The summed E-state index contributed by atoms with van der Waals surface area (Å²) in [4.78, 5) is 10.9. The van der Waals surface area contributed by atoms with Crippen molar-refractivity contribution in [1.29, 1.82) is 0 Å². The van der Waals surface area contributed by atoms with Crippen molar-refractivity contribution in [2.45, 2.75) is 57.8 Å². The first-order valence-corrected chi connectivity index (χ1v) is 7.54. The van der Waals surface area contributed by atoms with Crippen molar-refractivity contribution in [2.24, 2.45) is 17.8 Å². The maximum Gasteiger partial charge on any atom is 0.305 e. The number of esters is 1. The van der Waals surface area contributed by atoms with E-state index in [0.717, 1.165) is 24.2 Å². The highest BCUT2D eigenvalue weighted by Crippen LogP contribution is 2.45. The molecule has 0 aromatic carbocycles. The summed E-state index contributed by atoms with van der Waals surface area (Å²) in [6.45, 7) is 0. The predicted octanol–water partition coefficient (Wildman–Crippen LogP) is 4.10. The molecule has 0 aromatic heterocycles. The highest BCUT2D eigenvalue weighted by Gasteiger charge is 2.34. The Morgan fingerprint density at radius 1 is 1.11 bits per heavy atom. The van der Waals surface area contributed by atoms with E-state index in [4.69, 9.17) is 0 Å². The highest BCUT2D eigenvalue weighted by atomic mass is 16.5. The summed E-state index contributed by atoms with van der Waals surface area (Å²) in [5.74, 6) is 2.74. The molecule has 2 nitrogen and oxygen atoms in total. The quantitative estimate of drug-likeness (QED) is 0.368. The van der Waals surface area contributed by atoms with Crippen molar-refractivity contribution in [3.63, 3.8) is 0 Å². The fourth-order valence-corrected chi connectivity index (χ4v) is 3.53. The minimum atomic E-state index is -0.0660. The van der Waals surface area contributed by atoms with E-state index in [1.807, 2.05) is 0 Å². The van der Waals surface area contributed by atoms with Crippen molar-refractivity contribution in [3.8, 4) is 0 Å². The first-order chi connectivity index (χ1) is 8.79. The zero-order chi connectivity index (χ0) is 12.8.